The number of nitrogens with one attached hydrogen (secondary N) is 1. The molecule has 4 rings (SSSR count). The molecule has 1 N–H and O–H groups in total. The molecule has 2 aromatic carbocycles. The molecule has 6 nitrogen and oxygen atoms in total. The average Bonchev–Trinajstić information content (AvgIpc) is 3.38. The maximum absolute atomic E-state index is 12.4. The summed E-state index contributed by atoms with van der Waals surface area (Å²) in [7, 11) is 0. The molecule has 0 unspecified atom stereocenters. The second-order valence-electron chi connectivity index (χ2n) is 6.56. The van der Waals surface area contributed by atoms with Crippen molar-refractivity contribution in [2.75, 3.05) is 5.75 Å². The first-order valence-corrected chi connectivity index (χ1v) is 10.7. The first kappa shape index (κ1) is 20.3. The van der Waals surface area contributed by atoms with Crippen LogP contribution < -0.4 is 5.32 Å². The van der Waals surface area contributed by atoms with Gasteiger partial charge in [0.1, 0.15) is 5.76 Å². The molecule has 0 saturated heterocycles. The number of hydrogen-bond donors (Lipinski definition) is 1. The molecular formula is C22H19ClN4O2S. The van der Waals surface area contributed by atoms with Crippen LogP contribution >= 0.6 is 23.4 Å². The Morgan fingerprint density at radius 2 is 1.87 bits per heavy atom. The zero-order valence-corrected chi connectivity index (χ0v) is 17.8. The Balaban J connectivity index is 1.50. The molecule has 2 heterocycles. The fraction of sp³-hybridized carbons (Fsp3) is 0.136. The number of amides is 1. The zero-order chi connectivity index (χ0) is 20.9. The van der Waals surface area contributed by atoms with Crippen LogP contribution in [0.15, 0.2) is 76.5 Å². The van der Waals surface area contributed by atoms with Crippen LogP contribution in [-0.2, 0) is 11.3 Å². The molecular weight excluding hydrogens is 420 g/mol. The largest absolute Gasteiger partial charge is 0.469 e. The van der Waals surface area contributed by atoms with Crippen molar-refractivity contribution in [2.45, 2.75) is 18.6 Å². The third-order valence-corrected chi connectivity index (χ3v) is 5.66. The summed E-state index contributed by atoms with van der Waals surface area (Å²) >= 11 is 7.23. The van der Waals surface area contributed by atoms with Gasteiger partial charge in [0.25, 0.3) is 0 Å². The van der Waals surface area contributed by atoms with Crippen molar-refractivity contribution in [3.05, 3.63) is 83.3 Å². The fourth-order valence-electron chi connectivity index (χ4n) is 2.95. The highest BCUT2D eigenvalue weighted by molar-refractivity contribution is 7.99. The van der Waals surface area contributed by atoms with E-state index in [9.17, 15) is 4.79 Å². The lowest BCUT2D eigenvalue weighted by molar-refractivity contribution is -0.118. The fourth-order valence-corrected chi connectivity index (χ4v) is 3.86. The van der Waals surface area contributed by atoms with Crippen molar-refractivity contribution < 1.29 is 9.21 Å². The molecule has 2 aromatic heterocycles. The lowest BCUT2D eigenvalue weighted by Crippen LogP contribution is -2.24. The van der Waals surface area contributed by atoms with Gasteiger partial charge in [-0.2, -0.15) is 0 Å². The summed E-state index contributed by atoms with van der Waals surface area (Å²) in [5, 5.41) is 12.9. The van der Waals surface area contributed by atoms with Crippen LogP contribution in [0.3, 0.4) is 0 Å². The van der Waals surface area contributed by atoms with E-state index in [2.05, 4.69) is 15.5 Å². The quantitative estimate of drug-likeness (QED) is 0.415. The van der Waals surface area contributed by atoms with E-state index in [0.29, 0.717) is 22.5 Å². The summed E-state index contributed by atoms with van der Waals surface area (Å²) < 4.78 is 7.38. The van der Waals surface area contributed by atoms with Gasteiger partial charge in [-0.3, -0.25) is 9.36 Å². The van der Waals surface area contributed by atoms with Gasteiger partial charge in [0.05, 0.1) is 17.6 Å². The van der Waals surface area contributed by atoms with Gasteiger partial charge in [-0.25, -0.2) is 0 Å². The maximum atomic E-state index is 12.4. The van der Waals surface area contributed by atoms with Gasteiger partial charge in [0.2, 0.25) is 5.91 Å². The van der Waals surface area contributed by atoms with E-state index in [1.54, 1.807) is 18.4 Å². The Morgan fingerprint density at radius 3 is 2.57 bits per heavy atom. The van der Waals surface area contributed by atoms with Crippen LogP contribution in [0, 0.1) is 6.92 Å². The van der Waals surface area contributed by atoms with E-state index in [-0.39, 0.29) is 11.7 Å². The number of nitrogens with zero attached hydrogens (tertiary/aromatic N) is 3. The highest BCUT2D eigenvalue weighted by Crippen LogP contribution is 2.30. The van der Waals surface area contributed by atoms with Crippen molar-refractivity contribution in [1.82, 2.24) is 20.1 Å². The summed E-state index contributed by atoms with van der Waals surface area (Å²) in [5.74, 6) is 1.58. The number of hydrogen-bond acceptors (Lipinski definition) is 5. The first-order valence-electron chi connectivity index (χ1n) is 9.31. The lowest BCUT2D eigenvalue weighted by atomic mass is 10.2. The summed E-state index contributed by atoms with van der Waals surface area (Å²) in [6.45, 7) is 2.33. The topological polar surface area (TPSA) is 72.9 Å². The van der Waals surface area contributed by atoms with E-state index in [0.717, 1.165) is 22.6 Å². The molecule has 0 spiro atoms. The van der Waals surface area contributed by atoms with E-state index >= 15 is 0 Å². The lowest BCUT2D eigenvalue weighted by Gasteiger charge is -2.10. The number of benzene rings is 2. The standard InChI is InChI=1S/C22H19ClN4O2S/c1-15-19(11-12-29-15)21-25-26-22(27(21)18-5-3-2-4-6-18)30-14-20(28)24-13-16-7-9-17(23)10-8-16/h2-12H,13-14H2,1H3,(H,24,28). The third kappa shape index (κ3) is 4.58. The van der Waals surface area contributed by atoms with Crippen molar-refractivity contribution in [3.63, 3.8) is 0 Å². The van der Waals surface area contributed by atoms with E-state index in [1.165, 1.54) is 11.8 Å². The molecule has 0 aliphatic rings. The number of aromatic nitrogens is 3. The van der Waals surface area contributed by atoms with Crippen molar-refractivity contribution in [2.24, 2.45) is 0 Å². The third-order valence-electron chi connectivity index (χ3n) is 4.48. The first-order chi connectivity index (χ1) is 14.6. The molecule has 1 amide bonds. The van der Waals surface area contributed by atoms with Gasteiger partial charge < -0.3 is 9.73 Å². The Bertz CT molecular complexity index is 1140. The van der Waals surface area contributed by atoms with Crippen molar-refractivity contribution in [1.29, 1.82) is 0 Å². The predicted molar refractivity (Wildman–Crippen MR) is 118 cm³/mol. The van der Waals surface area contributed by atoms with Crippen LogP contribution in [0.1, 0.15) is 11.3 Å². The highest BCUT2D eigenvalue weighted by Gasteiger charge is 2.19. The zero-order valence-electron chi connectivity index (χ0n) is 16.2. The SMILES string of the molecule is Cc1occc1-c1nnc(SCC(=O)NCc2ccc(Cl)cc2)n1-c1ccccc1. The summed E-state index contributed by atoms with van der Waals surface area (Å²) in [4.78, 5) is 12.4. The molecule has 30 heavy (non-hydrogen) atoms. The van der Waals surface area contributed by atoms with Crippen LogP contribution in [0.2, 0.25) is 5.02 Å². The number of carbonyl (C=O) groups excluding carboxylic acids is 1. The Kier molecular flexibility index (Phi) is 6.21. The minimum absolute atomic E-state index is 0.0846. The minimum Gasteiger partial charge on any atom is -0.469 e. The van der Waals surface area contributed by atoms with Gasteiger partial charge in [0, 0.05) is 17.3 Å². The van der Waals surface area contributed by atoms with Crippen LogP contribution in [0.5, 0.6) is 0 Å². The van der Waals surface area contributed by atoms with Crippen LogP contribution in [-0.4, -0.2) is 26.4 Å². The molecule has 152 valence electrons. The highest BCUT2D eigenvalue weighted by atomic mass is 35.5. The second kappa shape index (κ2) is 9.19. The van der Waals surface area contributed by atoms with Gasteiger partial charge in [0.15, 0.2) is 11.0 Å². The van der Waals surface area contributed by atoms with E-state index < -0.39 is 0 Å². The number of thioether (sulfide) groups is 1. The average molecular weight is 439 g/mol. The Labute approximate surface area is 183 Å². The van der Waals surface area contributed by atoms with Gasteiger partial charge in [-0.15, -0.1) is 10.2 Å². The number of halogens is 1. The molecule has 0 saturated carbocycles. The minimum atomic E-state index is -0.0846. The number of furan rings is 1. The molecule has 8 heteroatoms. The molecule has 0 radical (unpaired) electrons. The maximum Gasteiger partial charge on any atom is 0.230 e. The van der Waals surface area contributed by atoms with E-state index in [1.807, 2.05) is 60.0 Å². The summed E-state index contributed by atoms with van der Waals surface area (Å²) in [6, 6.07) is 19.1. The van der Waals surface area contributed by atoms with Crippen molar-refractivity contribution >= 4 is 29.3 Å². The van der Waals surface area contributed by atoms with Crippen molar-refractivity contribution in [3.8, 4) is 17.1 Å². The number of rotatable bonds is 7. The van der Waals surface area contributed by atoms with E-state index in [4.69, 9.17) is 16.0 Å². The molecule has 0 atom stereocenters. The summed E-state index contributed by atoms with van der Waals surface area (Å²) in [6.07, 6.45) is 1.63. The number of para-hydroxylation sites is 1. The van der Waals surface area contributed by atoms with Gasteiger partial charge in [-0.1, -0.05) is 53.7 Å². The number of carbonyl (C=O) groups is 1. The van der Waals surface area contributed by atoms with Crippen LogP contribution in [0.4, 0.5) is 0 Å². The molecule has 0 aliphatic carbocycles. The van der Waals surface area contributed by atoms with Crippen LogP contribution in [0.25, 0.3) is 17.1 Å². The molecule has 0 fully saturated rings. The molecule has 0 bridgehead atoms. The monoisotopic (exact) mass is 438 g/mol. The number of aryl methyl sites for hydroxylation is 1. The Morgan fingerprint density at radius 1 is 1.10 bits per heavy atom. The Hall–Kier alpha value is -3.03. The van der Waals surface area contributed by atoms with Gasteiger partial charge in [-0.05, 0) is 42.8 Å². The molecule has 0 aliphatic heterocycles. The predicted octanol–water partition coefficient (Wildman–Crippen LogP) is 4.90. The molecule has 4 aromatic rings. The normalized spacial score (nSPS) is 10.9. The smallest absolute Gasteiger partial charge is 0.230 e. The summed E-state index contributed by atoms with van der Waals surface area (Å²) in [5.41, 5.74) is 2.77. The second-order valence-corrected chi connectivity index (χ2v) is 7.94. The van der Waals surface area contributed by atoms with Gasteiger partial charge >= 0.3 is 0 Å².